The third kappa shape index (κ3) is 4.17. The van der Waals surface area contributed by atoms with E-state index in [0.29, 0.717) is 23.6 Å². The van der Waals surface area contributed by atoms with Gasteiger partial charge in [-0.15, -0.1) is 12.4 Å². The van der Waals surface area contributed by atoms with Gasteiger partial charge in [-0.1, -0.05) is 48.0 Å². The summed E-state index contributed by atoms with van der Waals surface area (Å²) in [5.41, 5.74) is 2.62. The van der Waals surface area contributed by atoms with Crippen molar-refractivity contribution < 1.29 is 9.59 Å². The van der Waals surface area contributed by atoms with Gasteiger partial charge in [0.25, 0.3) is 5.91 Å². The van der Waals surface area contributed by atoms with Crippen LogP contribution in [0.1, 0.15) is 27.9 Å². The number of carbonyl (C=O) groups is 2. The smallest absolute Gasteiger partial charge is 0.256 e. The zero-order valence-electron chi connectivity index (χ0n) is 15.4. The molecular formula is C21H23Cl2N3O2. The number of nitrogens with one attached hydrogen (secondary N) is 2. The minimum Gasteiger partial charge on any atom is -0.350 e. The Morgan fingerprint density at radius 2 is 1.79 bits per heavy atom. The fraction of sp³-hybridized carbons (Fsp3) is 0.333. The third-order valence-corrected chi connectivity index (χ3v) is 5.65. The standard InChI is InChI=1S/C21H22ClN3O2.ClH/c22-18-8-4-3-7-17(18)21(27)25-13-15-6-2-1-5-14(15)11-19(25)20(26)24-16-9-10-23-12-16;/h1-8,16,19,23H,9-13H2,(H,24,26);1H. The highest BCUT2D eigenvalue weighted by Gasteiger charge is 2.36. The van der Waals surface area contributed by atoms with Crippen LogP contribution < -0.4 is 10.6 Å². The van der Waals surface area contributed by atoms with Crippen LogP contribution in [0.15, 0.2) is 48.5 Å². The van der Waals surface area contributed by atoms with Crippen LogP contribution in [0.4, 0.5) is 0 Å². The molecule has 2 aromatic carbocycles. The molecule has 5 nitrogen and oxygen atoms in total. The van der Waals surface area contributed by atoms with Crippen molar-refractivity contribution in [1.29, 1.82) is 0 Å². The number of hydrogen-bond donors (Lipinski definition) is 2. The molecule has 0 radical (unpaired) electrons. The van der Waals surface area contributed by atoms with E-state index in [4.69, 9.17) is 11.6 Å². The highest BCUT2D eigenvalue weighted by atomic mass is 35.5. The number of benzene rings is 2. The summed E-state index contributed by atoms with van der Waals surface area (Å²) in [5.74, 6) is -0.307. The van der Waals surface area contributed by atoms with Gasteiger partial charge < -0.3 is 15.5 Å². The lowest BCUT2D eigenvalue weighted by molar-refractivity contribution is -0.126. The minimum atomic E-state index is -0.538. The molecule has 2 unspecified atom stereocenters. The molecule has 2 aromatic rings. The summed E-state index contributed by atoms with van der Waals surface area (Å²) >= 11 is 6.25. The fourth-order valence-electron chi connectivity index (χ4n) is 3.84. The molecule has 2 aliphatic heterocycles. The summed E-state index contributed by atoms with van der Waals surface area (Å²) in [6, 6.07) is 14.5. The van der Waals surface area contributed by atoms with Crippen molar-refractivity contribution in [1.82, 2.24) is 15.5 Å². The van der Waals surface area contributed by atoms with E-state index >= 15 is 0 Å². The Balaban J connectivity index is 0.00000225. The summed E-state index contributed by atoms with van der Waals surface area (Å²) in [7, 11) is 0. The lowest BCUT2D eigenvalue weighted by Crippen LogP contribution is -2.54. The van der Waals surface area contributed by atoms with Crippen LogP contribution in [0.2, 0.25) is 5.02 Å². The summed E-state index contributed by atoms with van der Waals surface area (Å²) < 4.78 is 0. The normalized spacial score (nSPS) is 20.8. The van der Waals surface area contributed by atoms with Crippen LogP contribution in [0, 0.1) is 0 Å². The Morgan fingerprint density at radius 3 is 2.50 bits per heavy atom. The van der Waals surface area contributed by atoms with Crippen LogP contribution in [0.3, 0.4) is 0 Å². The van der Waals surface area contributed by atoms with Gasteiger partial charge in [0.15, 0.2) is 0 Å². The van der Waals surface area contributed by atoms with E-state index < -0.39 is 6.04 Å². The van der Waals surface area contributed by atoms with Crippen LogP contribution in [-0.2, 0) is 17.8 Å². The average molecular weight is 420 g/mol. The summed E-state index contributed by atoms with van der Waals surface area (Å²) in [4.78, 5) is 27.9. The second-order valence-corrected chi connectivity index (χ2v) is 7.51. The third-order valence-electron chi connectivity index (χ3n) is 5.32. The monoisotopic (exact) mass is 419 g/mol. The van der Waals surface area contributed by atoms with Crippen LogP contribution >= 0.6 is 24.0 Å². The van der Waals surface area contributed by atoms with Gasteiger partial charge in [-0.2, -0.15) is 0 Å². The van der Waals surface area contributed by atoms with Crippen molar-refractivity contribution in [2.45, 2.75) is 31.5 Å². The molecule has 1 saturated heterocycles. The van der Waals surface area contributed by atoms with Crippen LogP contribution in [0.25, 0.3) is 0 Å². The van der Waals surface area contributed by atoms with Gasteiger partial charge in [0, 0.05) is 25.6 Å². The Kier molecular flexibility index (Phi) is 6.60. The maximum atomic E-state index is 13.2. The second-order valence-electron chi connectivity index (χ2n) is 7.10. The number of amides is 2. The molecule has 148 valence electrons. The molecule has 0 spiro atoms. The molecular weight excluding hydrogens is 397 g/mol. The van der Waals surface area contributed by atoms with Crippen molar-refractivity contribution in [3.63, 3.8) is 0 Å². The zero-order valence-corrected chi connectivity index (χ0v) is 16.9. The van der Waals surface area contributed by atoms with E-state index in [9.17, 15) is 9.59 Å². The first kappa shape index (κ1) is 20.6. The Labute approximate surface area is 175 Å². The van der Waals surface area contributed by atoms with Crippen molar-refractivity contribution in [3.8, 4) is 0 Å². The Morgan fingerprint density at radius 1 is 1.07 bits per heavy atom. The van der Waals surface area contributed by atoms with Crippen LogP contribution in [0.5, 0.6) is 0 Å². The molecule has 2 atom stereocenters. The van der Waals surface area contributed by atoms with Crippen molar-refractivity contribution in [2.24, 2.45) is 0 Å². The quantitative estimate of drug-likeness (QED) is 0.803. The van der Waals surface area contributed by atoms with Crippen LogP contribution in [-0.4, -0.2) is 41.9 Å². The van der Waals surface area contributed by atoms with Gasteiger partial charge >= 0.3 is 0 Å². The van der Waals surface area contributed by atoms with Crippen molar-refractivity contribution in [2.75, 3.05) is 13.1 Å². The first-order valence-electron chi connectivity index (χ1n) is 9.27. The summed E-state index contributed by atoms with van der Waals surface area (Å²) in [6.45, 7) is 2.08. The largest absolute Gasteiger partial charge is 0.350 e. The molecule has 2 heterocycles. The number of halogens is 2. The molecule has 28 heavy (non-hydrogen) atoms. The molecule has 2 N–H and O–H groups in total. The lowest BCUT2D eigenvalue weighted by atomic mass is 9.92. The number of fused-ring (bicyclic) bond motifs is 1. The molecule has 0 aromatic heterocycles. The zero-order chi connectivity index (χ0) is 18.8. The molecule has 1 fully saturated rings. The summed E-state index contributed by atoms with van der Waals surface area (Å²) in [6.07, 6.45) is 1.42. The molecule has 0 saturated carbocycles. The number of carbonyl (C=O) groups excluding carboxylic acids is 2. The SMILES string of the molecule is Cl.O=C(NC1CCNC1)C1Cc2ccccc2CN1C(=O)c1ccccc1Cl. The van der Waals surface area contributed by atoms with Gasteiger partial charge in [-0.05, 0) is 36.2 Å². The Bertz CT molecular complexity index is 868. The highest BCUT2D eigenvalue weighted by molar-refractivity contribution is 6.33. The predicted octanol–water partition coefficient (Wildman–Crippen LogP) is 2.81. The van der Waals surface area contributed by atoms with Crippen molar-refractivity contribution in [3.05, 3.63) is 70.2 Å². The first-order valence-corrected chi connectivity index (χ1v) is 9.64. The maximum Gasteiger partial charge on any atom is 0.256 e. The molecule has 4 rings (SSSR count). The van der Waals surface area contributed by atoms with Gasteiger partial charge in [0.05, 0.1) is 10.6 Å². The number of hydrogen-bond acceptors (Lipinski definition) is 3. The highest BCUT2D eigenvalue weighted by Crippen LogP contribution is 2.27. The Hall–Kier alpha value is -2.08. The topological polar surface area (TPSA) is 61.4 Å². The van der Waals surface area contributed by atoms with E-state index in [2.05, 4.69) is 10.6 Å². The summed E-state index contributed by atoms with van der Waals surface area (Å²) in [5, 5.41) is 6.76. The fourth-order valence-corrected chi connectivity index (χ4v) is 4.05. The van der Waals surface area contributed by atoms with E-state index in [1.165, 1.54) is 0 Å². The molecule has 2 amide bonds. The molecule has 0 aliphatic carbocycles. The van der Waals surface area contributed by atoms with E-state index in [-0.39, 0.29) is 30.3 Å². The maximum absolute atomic E-state index is 13.2. The van der Waals surface area contributed by atoms with Gasteiger partial charge in [-0.25, -0.2) is 0 Å². The van der Waals surface area contributed by atoms with E-state index in [1.807, 2.05) is 24.3 Å². The second kappa shape index (κ2) is 8.95. The lowest BCUT2D eigenvalue weighted by Gasteiger charge is -2.36. The van der Waals surface area contributed by atoms with Gasteiger partial charge in [0.1, 0.15) is 6.04 Å². The number of rotatable bonds is 3. The molecule has 7 heteroatoms. The molecule has 0 bridgehead atoms. The van der Waals surface area contributed by atoms with Gasteiger partial charge in [0.2, 0.25) is 5.91 Å². The average Bonchev–Trinajstić information content (AvgIpc) is 3.20. The van der Waals surface area contributed by atoms with E-state index in [0.717, 1.165) is 30.6 Å². The predicted molar refractivity (Wildman–Crippen MR) is 112 cm³/mol. The van der Waals surface area contributed by atoms with Gasteiger partial charge in [-0.3, -0.25) is 9.59 Å². The number of nitrogens with zero attached hydrogens (tertiary/aromatic N) is 1. The van der Waals surface area contributed by atoms with Crippen molar-refractivity contribution >= 4 is 35.8 Å². The van der Waals surface area contributed by atoms with E-state index in [1.54, 1.807) is 29.2 Å². The first-order chi connectivity index (χ1) is 13.1. The molecule has 2 aliphatic rings. The minimum absolute atomic E-state index is 0.